The summed E-state index contributed by atoms with van der Waals surface area (Å²) >= 11 is 0. The van der Waals surface area contributed by atoms with E-state index in [1.165, 1.54) is 18.3 Å². The molecule has 2 aromatic heterocycles. The highest BCUT2D eigenvalue weighted by atomic mass is 19.1. The van der Waals surface area contributed by atoms with Gasteiger partial charge in [-0.2, -0.15) is 0 Å². The summed E-state index contributed by atoms with van der Waals surface area (Å²) in [4.78, 5) is 33.4. The number of para-hydroxylation sites is 2. The fourth-order valence-electron chi connectivity index (χ4n) is 4.38. The van der Waals surface area contributed by atoms with Gasteiger partial charge in [0.25, 0.3) is 5.91 Å². The number of rotatable bonds is 4. The number of hydrogen-bond donors (Lipinski definition) is 2. The first-order valence-electron chi connectivity index (χ1n) is 11.2. The van der Waals surface area contributed by atoms with E-state index in [0.29, 0.717) is 41.9 Å². The lowest BCUT2D eigenvalue weighted by Crippen LogP contribution is -2.44. The molecule has 2 aromatic carbocycles. The van der Waals surface area contributed by atoms with Crippen molar-refractivity contribution in [2.24, 2.45) is 0 Å². The summed E-state index contributed by atoms with van der Waals surface area (Å²) in [6.45, 7) is 1.24. The van der Waals surface area contributed by atoms with Crippen molar-refractivity contribution >= 4 is 22.8 Å². The van der Waals surface area contributed by atoms with E-state index in [1.54, 1.807) is 11.0 Å². The van der Waals surface area contributed by atoms with Gasteiger partial charge in [0.1, 0.15) is 11.5 Å². The number of amides is 1. The van der Waals surface area contributed by atoms with Crippen molar-refractivity contribution in [2.45, 2.75) is 18.9 Å². The first-order chi connectivity index (χ1) is 16.4. The zero-order valence-corrected chi connectivity index (χ0v) is 19.1. The first kappa shape index (κ1) is 22.0. The molecule has 1 saturated heterocycles. The SMILES string of the molecule is CN(C)C1CCN(C(=O)c2ccc(-c3cnc(N)c(-c4nc5ccccc5[nH]4)n3)cc2F)CC1. The molecule has 34 heavy (non-hydrogen) atoms. The quantitative estimate of drug-likeness (QED) is 0.484. The number of aromatic amines is 1. The minimum Gasteiger partial charge on any atom is -0.382 e. The topological polar surface area (TPSA) is 104 Å². The van der Waals surface area contributed by atoms with Gasteiger partial charge < -0.3 is 20.5 Å². The summed E-state index contributed by atoms with van der Waals surface area (Å²) in [6, 6.07) is 12.6. The van der Waals surface area contributed by atoms with Gasteiger partial charge in [-0.15, -0.1) is 0 Å². The van der Waals surface area contributed by atoms with E-state index in [9.17, 15) is 4.79 Å². The number of likely N-dealkylation sites (tertiary alicyclic amines) is 1. The Balaban J connectivity index is 1.40. The molecule has 0 aliphatic carbocycles. The van der Waals surface area contributed by atoms with Gasteiger partial charge in [0.15, 0.2) is 11.6 Å². The Morgan fingerprint density at radius 3 is 2.62 bits per heavy atom. The van der Waals surface area contributed by atoms with Crippen LogP contribution in [0.15, 0.2) is 48.7 Å². The molecule has 0 saturated carbocycles. The molecular weight excluding hydrogens is 433 g/mol. The van der Waals surface area contributed by atoms with Crippen LogP contribution in [0.1, 0.15) is 23.2 Å². The predicted octanol–water partition coefficient (Wildman–Crippen LogP) is 3.57. The van der Waals surface area contributed by atoms with E-state index < -0.39 is 5.82 Å². The van der Waals surface area contributed by atoms with Crippen LogP contribution in [0.4, 0.5) is 10.2 Å². The van der Waals surface area contributed by atoms with Gasteiger partial charge in [-0.1, -0.05) is 18.2 Å². The summed E-state index contributed by atoms with van der Waals surface area (Å²) in [5.41, 5.74) is 9.10. The zero-order valence-electron chi connectivity index (χ0n) is 19.1. The Kier molecular flexibility index (Phi) is 5.70. The number of imidazole rings is 1. The fourth-order valence-corrected chi connectivity index (χ4v) is 4.38. The molecule has 4 aromatic rings. The summed E-state index contributed by atoms with van der Waals surface area (Å²) in [5, 5.41) is 0. The maximum absolute atomic E-state index is 15.0. The standard InChI is InChI=1S/C25H26FN7O/c1-32(2)16-9-11-33(12-10-16)25(34)17-8-7-15(13-18(17)26)21-14-28-23(27)22(29-21)24-30-19-5-3-4-6-20(19)31-24/h3-8,13-14,16H,9-12H2,1-2H3,(H2,27,28)(H,30,31). The number of anilines is 1. The smallest absolute Gasteiger partial charge is 0.256 e. The highest BCUT2D eigenvalue weighted by molar-refractivity contribution is 5.95. The van der Waals surface area contributed by atoms with Crippen molar-refractivity contribution in [1.29, 1.82) is 0 Å². The second-order valence-corrected chi connectivity index (χ2v) is 8.77. The first-order valence-corrected chi connectivity index (χ1v) is 11.2. The number of fused-ring (bicyclic) bond motifs is 1. The predicted molar refractivity (Wildman–Crippen MR) is 130 cm³/mol. The number of nitrogens with zero attached hydrogens (tertiary/aromatic N) is 5. The lowest BCUT2D eigenvalue weighted by atomic mass is 10.0. The molecule has 9 heteroatoms. The van der Waals surface area contributed by atoms with E-state index in [0.717, 1.165) is 23.9 Å². The molecule has 0 spiro atoms. The zero-order chi connectivity index (χ0) is 23.8. The maximum Gasteiger partial charge on any atom is 0.256 e. The second-order valence-electron chi connectivity index (χ2n) is 8.77. The molecule has 0 atom stereocenters. The average molecular weight is 460 g/mol. The van der Waals surface area contributed by atoms with Crippen LogP contribution in [-0.2, 0) is 0 Å². The number of benzene rings is 2. The van der Waals surface area contributed by atoms with Crippen LogP contribution in [0, 0.1) is 5.82 Å². The lowest BCUT2D eigenvalue weighted by Gasteiger charge is -2.35. The molecule has 0 radical (unpaired) electrons. The number of halogens is 1. The second kappa shape index (κ2) is 8.83. The Labute approximate surface area is 196 Å². The number of hydrogen-bond acceptors (Lipinski definition) is 6. The number of nitrogens with one attached hydrogen (secondary N) is 1. The number of nitrogen functional groups attached to an aromatic ring is 1. The summed E-state index contributed by atoms with van der Waals surface area (Å²) in [5.74, 6) is -0.161. The number of carbonyl (C=O) groups is 1. The largest absolute Gasteiger partial charge is 0.382 e. The van der Waals surface area contributed by atoms with Crippen molar-refractivity contribution in [1.82, 2.24) is 29.7 Å². The molecule has 3 heterocycles. The lowest BCUT2D eigenvalue weighted by molar-refractivity contribution is 0.0658. The summed E-state index contributed by atoms with van der Waals surface area (Å²) in [6.07, 6.45) is 3.25. The molecule has 1 amide bonds. The number of aromatic nitrogens is 4. The van der Waals surface area contributed by atoms with Gasteiger partial charge in [0.05, 0.1) is 28.5 Å². The highest BCUT2D eigenvalue weighted by Crippen LogP contribution is 2.27. The van der Waals surface area contributed by atoms with E-state index >= 15 is 4.39 Å². The molecule has 8 nitrogen and oxygen atoms in total. The van der Waals surface area contributed by atoms with Gasteiger partial charge in [-0.25, -0.2) is 19.3 Å². The molecule has 0 bridgehead atoms. The number of carbonyl (C=O) groups excluding carboxylic acids is 1. The Morgan fingerprint density at radius 1 is 1.15 bits per heavy atom. The van der Waals surface area contributed by atoms with Crippen LogP contribution >= 0.6 is 0 Å². The van der Waals surface area contributed by atoms with Crippen molar-refractivity contribution in [3.63, 3.8) is 0 Å². The Bertz CT molecular complexity index is 1330. The van der Waals surface area contributed by atoms with Crippen LogP contribution < -0.4 is 5.73 Å². The van der Waals surface area contributed by atoms with Crippen LogP contribution in [-0.4, -0.2) is 68.9 Å². The minimum atomic E-state index is -0.582. The van der Waals surface area contributed by atoms with Gasteiger partial charge >= 0.3 is 0 Å². The van der Waals surface area contributed by atoms with Gasteiger partial charge in [0.2, 0.25) is 0 Å². The van der Waals surface area contributed by atoms with E-state index in [2.05, 4.69) is 24.8 Å². The molecule has 1 fully saturated rings. The third kappa shape index (κ3) is 4.10. The Hall–Kier alpha value is -3.85. The fraction of sp³-hybridized carbons (Fsp3) is 0.280. The molecule has 1 aliphatic heterocycles. The molecular formula is C25H26FN7O. The van der Waals surface area contributed by atoms with Gasteiger partial charge in [-0.05, 0) is 51.2 Å². The van der Waals surface area contributed by atoms with Crippen molar-refractivity contribution in [3.8, 4) is 22.8 Å². The van der Waals surface area contributed by atoms with Crippen LogP contribution in [0.2, 0.25) is 0 Å². The third-order valence-electron chi connectivity index (χ3n) is 6.39. The maximum atomic E-state index is 15.0. The summed E-state index contributed by atoms with van der Waals surface area (Å²) in [7, 11) is 4.08. The molecule has 0 unspecified atom stereocenters. The monoisotopic (exact) mass is 459 g/mol. The third-order valence-corrected chi connectivity index (χ3v) is 6.39. The number of piperidine rings is 1. The average Bonchev–Trinajstić information content (AvgIpc) is 3.28. The minimum absolute atomic E-state index is 0.0629. The van der Waals surface area contributed by atoms with Crippen molar-refractivity contribution in [3.05, 3.63) is 60.0 Å². The van der Waals surface area contributed by atoms with Gasteiger partial charge in [0, 0.05) is 24.7 Å². The molecule has 174 valence electrons. The van der Waals surface area contributed by atoms with Gasteiger partial charge in [-0.3, -0.25) is 4.79 Å². The van der Waals surface area contributed by atoms with Crippen LogP contribution in [0.3, 0.4) is 0 Å². The van der Waals surface area contributed by atoms with E-state index in [4.69, 9.17) is 5.73 Å². The van der Waals surface area contributed by atoms with Crippen molar-refractivity contribution in [2.75, 3.05) is 32.9 Å². The number of H-pyrrole nitrogens is 1. The van der Waals surface area contributed by atoms with Crippen LogP contribution in [0.5, 0.6) is 0 Å². The normalized spacial score (nSPS) is 14.8. The molecule has 1 aliphatic rings. The van der Waals surface area contributed by atoms with Crippen LogP contribution in [0.25, 0.3) is 33.8 Å². The highest BCUT2D eigenvalue weighted by Gasteiger charge is 2.26. The number of nitrogens with two attached hydrogens (primary N) is 1. The van der Waals surface area contributed by atoms with E-state index in [-0.39, 0.29) is 17.3 Å². The van der Waals surface area contributed by atoms with E-state index in [1.807, 2.05) is 38.4 Å². The van der Waals surface area contributed by atoms with Crippen molar-refractivity contribution < 1.29 is 9.18 Å². The Morgan fingerprint density at radius 2 is 1.91 bits per heavy atom. The summed E-state index contributed by atoms with van der Waals surface area (Å²) < 4.78 is 15.0. The molecule has 5 rings (SSSR count). The molecule has 3 N–H and O–H groups in total.